The molecule has 1 heterocycles. The van der Waals surface area contributed by atoms with Crippen molar-refractivity contribution in [1.82, 2.24) is 9.78 Å². The quantitative estimate of drug-likeness (QED) is 0.913. The van der Waals surface area contributed by atoms with Gasteiger partial charge in [0.25, 0.3) is 0 Å². The van der Waals surface area contributed by atoms with Crippen LogP contribution in [0.4, 0.5) is 0 Å². The van der Waals surface area contributed by atoms with Gasteiger partial charge in [-0.1, -0.05) is 31.9 Å². The zero-order valence-corrected chi connectivity index (χ0v) is 12.2. The predicted molar refractivity (Wildman–Crippen MR) is 73.5 cm³/mol. The molecule has 0 amide bonds. The van der Waals surface area contributed by atoms with E-state index in [1.54, 1.807) is 10.9 Å². The third-order valence-electron chi connectivity index (χ3n) is 3.97. The van der Waals surface area contributed by atoms with Crippen molar-refractivity contribution in [2.45, 2.75) is 51.6 Å². The lowest BCUT2D eigenvalue weighted by Crippen LogP contribution is -2.35. The van der Waals surface area contributed by atoms with Gasteiger partial charge < -0.3 is 5.11 Å². The Morgan fingerprint density at radius 2 is 2.33 bits per heavy atom. The molecule has 0 spiro atoms. The highest BCUT2D eigenvalue weighted by molar-refractivity contribution is 6.31. The molecule has 102 valence electrons. The van der Waals surface area contributed by atoms with E-state index in [0.717, 1.165) is 25.0 Å². The summed E-state index contributed by atoms with van der Waals surface area (Å²) in [6, 6.07) is 0. The highest BCUT2D eigenvalue weighted by atomic mass is 35.5. The highest BCUT2D eigenvalue weighted by Crippen LogP contribution is 2.43. The summed E-state index contributed by atoms with van der Waals surface area (Å²) in [5.74, 6) is 1.27. The van der Waals surface area contributed by atoms with E-state index in [1.807, 2.05) is 7.05 Å². The number of aromatic nitrogens is 2. The second kappa shape index (κ2) is 5.22. The van der Waals surface area contributed by atoms with Crippen molar-refractivity contribution in [2.75, 3.05) is 0 Å². The Bertz CT molecular complexity index is 396. The Hall–Kier alpha value is -0.540. The fourth-order valence-electron chi connectivity index (χ4n) is 3.38. The van der Waals surface area contributed by atoms with Crippen LogP contribution in [0.1, 0.15) is 51.6 Å². The van der Waals surface area contributed by atoms with Gasteiger partial charge in [0, 0.05) is 7.05 Å². The van der Waals surface area contributed by atoms with Gasteiger partial charge in [0.2, 0.25) is 0 Å². The summed E-state index contributed by atoms with van der Waals surface area (Å²) in [6.45, 7) is 4.48. The number of hydrogen-bond donors (Lipinski definition) is 1. The molecule has 2 atom stereocenters. The first kappa shape index (κ1) is 13.9. The van der Waals surface area contributed by atoms with E-state index < -0.39 is 5.60 Å². The van der Waals surface area contributed by atoms with E-state index >= 15 is 0 Å². The van der Waals surface area contributed by atoms with Crippen LogP contribution < -0.4 is 0 Å². The van der Waals surface area contributed by atoms with Gasteiger partial charge in [0.05, 0.1) is 16.9 Å². The van der Waals surface area contributed by atoms with Crippen molar-refractivity contribution in [3.8, 4) is 0 Å². The van der Waals surface area contributed by atoms with Crippen LogP contribution in [0.15, 0.2) is 6.20 Å². The Labute approximate surface area is 114 Å². The summed E-state index contributed by atoms with van der Waals surface area (Å²) >= 11 is 6.18. The largest absolute Gasteiger partial charge is 0.384 e. The minimum absolute atomic E-state index is 0.588. The molecular formula is C14H23ClN2O. The standard InChI is InChI=1S/C14H23ClN2O/c1-10(2)7-11-5-4-6-14(18,8-11)13-12(15)9-16-17(13)3/h9-11,18H,4-8H2,1-3H3. The summed E-state index contributed by atoms with van der Waals surface area (Å²) in [5, 5.41) is 15.7. The summed E-state index contributed by atoms with van der Waals surface area (Å²) < 4.78 is 1.72. The Kier molecular flexibility index (Phi) is 4.02. The minimum Gasteiger partial charge on any atom is -0.384 e. The zero-order valence-electron chi connectivity index (χ0n) is 11.5. The fourth-order valence-corrected chi connectivity index (χ4v) is 3.72. The number of aryl methyl sites for hydroxylation is 1. The first-order chi connectivity index (χ1) is 8.42. The van der Waals surface area contributed by atoms with Crippen LogP contribution in [-0.2, 0) is 12.6 Å². The monoisotopic (exact) mass is 270 g/mol. The van der Waals surface area contributed by atoms with Gasteiger partial charge in [-0.3, -0.25) is 4.68 Å². The van der Waals surface area contributed by atoms with Crippen molar-refractivity contribution >= 4 is 11.6 Å². The van der Waals surface area contributed by atoms with E-state index in [0.29, 0.717) is 16.9 Å². The SMILES string of the molecule is CC(C)CC1CCCC(O)(c2c(Cl)cnn2C)C1. The van der Waals surface area contributed by atoms with Crippen LogP contribution >= 0.6 is 11.6 Å². The first-order valence-corrected chi connectivity index (χ1v) is 7.20. The lowest BCUT2D eigenvalue weighted by atomic mass is 9.73. The van der Waals surface area contributed by atoms with E-state index in [4.69, 9.17) is 11.6 Å². The van der Waals surface area contributed by atoms with Gasteiger partial charge in [-0.05, 0) is 37.5 Å². The first-order valence-electron chi connectivity index (χ1n) is 6.83. The Morgan fingerprint density at radius 3 is 2.89 bits per heavy atom. The van der Waals surface area contributed by atoms with Gasteiger partial charge in [-0.15, -0.1) is 0 Å². The van der Waals surface area contributed by atoms with Crippen molar-refractivity contribution < 1.29 is 5.11 Å². The molecule has 0 saturated heterocycles. The average Bonchev–Trinajstić information content (AvgIpc) is 2.58. The number of hydrogen-bond acceptors (Lipinski definition) is 2. The average molecular weight is 271 g/mol. The van der Waals surface area contributed by atoms with Crippen LogP contribution in [0.25, 0.3) is 0 Å². The summed E-state index contributed by atoms with van der Waals surface area (Å²) in [6.07, 6.45) is 6.69. The molecule has 4 heteroatoms. The van der Waals surface area contributed by atoms with Gasteiger partial charge in [-0.2, -0.15) is 5.10 Å². The molecule has 1 aromatic heterocycles. The Morgan fingerprint density at radius 1 is 1.61 bits per heavy atom. The molecule has 0 bridgehead atoms. The van der Waals surface area contributed by atoms with Crippen LogP contribution in [-0.4, -0.2) is 14.9 Å². The molecule has 0 radical (unpaired) electrons. The van der Waals surface area contributed by atoms with E-state index in [9.17, 15) is 5.11 Å². The maximum absolute atomic E-state index is 10.9. The fraction of sp³-hybridized carbons (Fsp3) is 0.786. The van der Waals surface area contributed by atoms with E-state index in [2.05, 4.69) is 18.9 Å². The normalized spacial score (nSPS) is 28.9. The molecule has 0 aromatic carbocycles. The van der Waals surface area contributed by atoms with Crippen molar-refractivity contribution in [3.63, 3.8) is 0 Å². The Balaban J connectivity index is 2.20. The molecule has 1 saturated carbocycles. The number of rotatable bonds is 3. The van der Waals surface area contributed by atoms with Crippen molar-refractivity contribution in [2.24, 2.45) is 18.9 Å². The third-order valence-corrected chi connectivity index (χ3v) is 4.25. The van der Waals surface area contributed by atoms with Crippen LogP contribution in [0.2, 0.25) is 5.02 Å². The second-order valence-electron chi connectivity index (χ2n) is 6.09. The number of aliphatic hydroxyl groups is 1. The molecule has 2 unspecified atom stereocenters. The molecular weight excluding hydrogens is 248 g/mol. The summed E-state index contributed by atoms with van der Waals surface area (Å²) in [5.41, 5.74) is -0.00206. The summed E-state index contributed by atoms with van der Waals surface area (Å²) in [7, 11) is 1.85. The molecule has 1 fully saturated rings. The predicted octanol–water partition coefficient (Wildman–Crippen LogP) is 3.50. The topological polar surface area (TPSA) is 38.1 Å². The van der Waals surface area contributed by atoms with Crippen LogP contribution in [0.5, 0.6) is 0 Å². The summed E-state index contributed by atoms with van der Waals surface area (Å²) in [4.78, 5) is 0. The lowest BCUT2D eigenvalue weighted by Gasteiger charge is -2.37. The second-order valence-corrected chi connectivity index (χ2v) is 6.50. The van der Waals surface area contributed by atoms with Crippen LogP contribution in [0, 0.1) is 11.8 Å². The lowest BCUT2D eigenvalue weighted by molar-refractivity contribution is -0.0308. The van der Waals surface area contributed by atoms with Crippen molar-refractivity contribution in [3.05, 3.63) is 16.9 Å². The van der Waals surface area contributed by atoms with E-state index in [-0.39, 0.29) is 0 Å². The van der Waals surface area contributed by atoms with Gasteiger partial charge >= 0.3 is 0 Å². The molecule has 1 N–H and O–H groups in total. The zero-order chi connectivity index (χ0) is 13.3. The molecule has 1 aliphatic carbocycles. The molecule has 18 heavy (non-hydrogen) atoms. The molecule has 2 rings (SSSR count). The highest BCUT2D eigenvalue weighted by Gasteiger charge is 2.39. The molecule has 3 nitrogen and oxygen atoms in total. The van der Waals surface area contributed by atoms with Gasteiger partial charge in [-0.25, -0.2) is 0 Å². The van der Waals surface area contributed by atoms with Gasteiger partial charge in [0.1, 0.15) is 5.60 Å². The molecule has 1 aliphatic rings. The van der Waals surface area contributed by atoms with Gasteiger partial charge in [0.15, 0.2) is 0 Å². The minimum atomic E-state index is -0.792. The van der Waals surface area contributed by atoms with E-state index in [1.165, 1.54) is 12.8 Å². The third kappa shape index (κ3) is 2.72. The molecule has 1 aromatic rings. The number of halogens is 1. The smallest absolute Gasteiger partial charge is 0.108 e. The maximum atomic E-state index is 10.9. The van der Waals surface area contributed by atoms with Crippen molar-refractivity contribution in [1.29, 1.82) is 0 Å². The maximum Gasteiger partial charge on any atom is 0.108 e. The molecule has 0 aliphatic heterocycles. The number of nitrogens with zero attached hydrogens (tertiary/aromatic N) is 2. The van der Waals surface area contributed by atoms with Crippen LogP contribution in [0.3, 0.4) is 0 Å².